The second kappa shape index (κ2) is 6.78. The molecule has 0 atom stereocenters. The van der Waals surface area contributed by atoms with Gasteiger partial charge in [0.05, 0.1) is 11.4 Å². The highest BCUT2D eigenvalue weighted by Gasteiger charge is 2.23. The number of hydrogen-bond donors (Lipinski definition) is 1. The predicted octanol–water partition coefficient (Wildman–Crippen LogP) is 0.910. The molecule has 0 aliphatic heterocycles. The fourth-order valence-corrected chi connectivity index (χ4v) is 2.51. The molecule has 0 saturated heterocycles. The first-order valence-electron chi connectivity index (χ1n) is 5.55. The lowest BCUT2D eigenvalue weighted by atomic mass is 10.3. The monoisotopic (exact) mass is 294 g/mol. The van der Waals surface area contributed by atoms with Crippen molar-refractivity contribution in [2.24, 2.45) is 5.73 Å². The van der Waals surface area contributed by atoms with E-state index in [4.69, 9.17) is 10.5 Å². The molecule has 0 saturated carbocycles. The normalized spacial score (nSPS) is 12.1. The summed E-state index contributed by atoms with van der Waals surface area (Å²) in [6.07, 6.45) is -2.72. The maximum Gasteiger partial charge on any atom is 0.252 e. The SMILES string of the molecule is CN(CC(F)F)S(=O)(=O)c1ccc(OCCN)cc1. The van der Waals surface area contributed by atoms with Gasteiger partial charge in [-0.3, -0.25) is 0 Å². The number of benzene rings is 1. The van der Waals surface area contributed by atoms with Crippen molar-refractivity contribution >= 4 is 10.0 Å². The van der Waals surface area contributed by atoms with Gasteiger partial charge in [0, 0.05) is 13.6 Å². The average molecular weight is 294 g/mol. The van der Waals surface area contributed by atoms with Crippen LogP contribution < -0.4 is 10.5 Å². The highest BCUT2D eigenvalue weighted by Crippen LogP contribution is 2.19. The van der Waals surface area contributed by atoms with E-state index >= 15 is 0 Å². The van der Waals surface area contributed by atoms with Crippen molar-refractivity contribution in [3.05, 3.63) is 24.3 Å². The van der Waals surface area contributed by atoms with Crippen LogP contribution in [0, 0.1) is 0 Å². The summed E-state index contributed by atoms with van der Waals surface area (Å²) in [6.45, 7) is -0.178. The van der Waals surface area contributed by atoms with Crippen LogP contribution in [0.25, 0.3) is 0 Å². The molecule has 0 heterocycles. The lowest BCUT2D eigenvalue weighted by Gasteiger charge is -2.16. The highest BCUT2D eigenvalue weighted by molar-refractivity contribution is 7.89. The first-order chi connectivity index (χ1) is 8.87. The lowest BCUT2D eigenvalue weighted by molar-refractivity contribution is 0.126. The van der Waals surface area contributed by atoms with Gasteiger partial charge in [-0.2, -0.15) is 4.31 Å². The fourth-order valence-electron chi connectivity index (χ4n) is 1.36. The Kier molecular flexibility index (Phi) is 5.64. The zero-order valence-electron chi connectivity index (χ0n) is 10.4. The minimum absolute atomic E-state index is 0.0595. The second-order valence-corrected chi connectivity index (χ2v) is 5.83. The Labute approximate surface area is 111 Å². The van der Waals surface area contributed by atoms with Crippen LogP contribution in [0.15, 0.2) is 29.2 Å². The van der Waals surface area contributed by atoms with Crippen LogP contribution in [0.3, 0.4) is 0 Å². The maximum atomic E-state index is 12.2. The summed E-state index contributed by atoms with van der Waals surface area (Å²) in [5.74, 6) is 0.473. The highest BCUT2D eigenvalue weighted by atomic mass is 32.2. The summed E-state index contributed by atoms with van der Waals surface area (Å²) in [5, 5.41) is 0. The van der Waals surface area contributed by atoms with Crippen molar-refractivity contribution in [3.63, 3.8) is 0 Å². The maximum absolute atomic E-state index is 12.2. The molecule has 0 unspecified atom stereocenters. The van der Waals surface area contributed by atoms with Crippen LogP contribution >= 0.6 is 0 Å². The first kappa shape index (κ1) is 15.8. The third-order valence-electron chi connectivity index (χ3n) is 2.31. The van der Waals surface area contributed by atoms with Gasteiger partial charge in [0.15, 0.2) is 0 Å². The van der Waals surface area contributed by atoms with E-state index in [1.165, 1.54) is 24.3 Å². The molecule has 8 heteroatoms. The van der Waals surface area contributed by atoms with Gasteiger partial charge < -0.3 is 10.5 Å². The third kappa shape index (κ3) is 4.41. The van der Waals surface area contributed by atoms with Crippen LogP contribution in [0.5, 0.6) is 5.75 Å². The van der Waals surface area contributed by atoms with E-state index in [2.05, 4.69) is 0 Å². The van der Waals surface area contributed by atoms with E-state index in [0.717, 1.165) is 7.05 Å². The minimum Gasteiger partial charge on any atom is -0.492 e. The molecule has 0 fully saturated rings. The van der Waals surface area contributed by atoms with Crippen molar-refractivity contribution in [1.82, 2.24) is 4.31 Å². The van der Waals surface area contributed by atoms with Crippen molar-refractivity contribution in [2.75, 3.05) is 26.7 Å². The number of sulfonamides is 1. The summed E-state index contributed by atoms with van der Waals surface area (Å²) in [4.78, 5) is -0.0595. The molecule has 0 radical (unpaired) electrons. The first-order valence-corrected chi connectivity index (χ1v) is 6.99. The Morgan fingerprint density at radius 3 is 2.37 bits per heavy atom. The Hall–Kier alpha value is -1.25. The summed E-state index contributed by atoms with van der Waals surface area (Å²) in [7, 11) is -2.79. The van der Waals surface area contributed by atoms with Gasteiger partial charge in [-0.1, -0.05) is 0 Å². The average Bonchev–Trinajstić information content (AvgIpc) is 2.36. The van der Waals surface area contributed by atoms with Crippen molar-refractivity contribution in [2.45, 2.75) is 11.3 Å². The van der Waals surface area contributed by atoms with E-state index in [0.29, 0.717) is 23.2 Å². The number of hydrogen-bond acceptors (Lipinski definition) is 4. The second-order valence-electron chi connectivity index (χ2n) is 3.79. The number of halogens is 2. The van der Waals surface area contributed by atoms with Crippen molar-refractivity contribution < 1.29 is 21.9 Å². The van der Waals surface area contributed by atoms with Gasteiger partial charge in [0.1, 0.15) is 12.4 Å². The topological polar surface area (TPSA) is 72.6 Å². The van der Waals surface area contributed by atoms with Gasteiger partial charge in [0.25, 0.3) is 6.43 Å². The zero-order chi connectivity index (χ0) is 14.5. The molecule has 19 heavy (non-hydrogen) atoms. The molecule has 0 bridgehead atoms. The molecule has 5 nitrogen and oxygen atoms in total. The van der Waals surface area contributed by atoms with Gasteiger partial charge >= 0.3 is 0 Å². The number of nitrogens with two attached hydrogens (primary N) is 1. The van der Waals surface area contributed by atoms with Crippen molar-refractivity contribution in [3.8, 4) is 5.75 Å². The van der Waals surface area contributed by atoms with E-state index in [1.54, 1.807) is 0 Å². The molecule has 108 valence electrons. The third-order valence-corrected chi connectivity index (χ3v) is 4.15. The number of rotatable bonds is 7. The molecule has 1 aromatic rings. The van der Waals surface area contributed by atoms with Crippen LogP contribution in [-0.4, -0.2) is 45.9 Å². The van der Waals surface area contributed by atoms with E-state index in [9.17, 15) is 17.2 Å². The lowest BCUT2D eigenvalue weighted by Crippen LogP contribution is -2.31. The molecule has 2 N–H and O–H groups in total. The number of nitrogens with zero attached hydrogens (tertiary/aromatic N) is 1. The molecule has 1 rings (SSSR count). The largest absolute Gasteiger partial charge is 0.492 e. The zero-order valence-corrected chi connectivity index (χ0v) is 11.2. The van der Waals surface area contributed by atoms with E-state index in [1.807, 2.05) is 0 Å². The molecule has 0 aromatic heterocycles. The molecular formula is C11H16F2N2O3S. The summed E-state index contributed by atoms with van der Waals surface area (Å²) < 4.78 is 54.1. The summed E-state index contributed by atoms with van der Waals surface area (Å²) in [6, 6.07) is 5.53. The molecular weight excluding hydrogens is 278 g/mol. The molecule has 1 aromatic carbocycles. The minimum atomic E-state index is -3.90. The summed E-state index contributed by atoms with van der Waals surface area (Å²) >= 11 is 0. The number of ether oxygens (including phenoxy) is 1. The van der Waals surface area contributed by atoms with Gasteiger partial charge in [0.2, 0.25) is 10.0 Å². The van der Waals surface area contributed by atoms with Gasteiger partial charge in [-0.05, 0) is 24.3 Å². The van der Waals surface area contributed by atoms with Crippen LogP contribution in [0.1, 0.15) is 0 Å². The Bertz CT molecular complexity index is 491. The van der Waals surface area contributed by atoms with E-state index in [-0.39, 0.29) is 4.90 Å². The predicted molar refractivity (Wildman–Crippen MR) is 66.8 cm³/mol. The number of alkyl halides is 2. The van der Waals surface area contributed by atoms with Crippen LogP contribution in [-0.2, 0) is 10.0 Å². The Morgan fingerprint density at radius 1 is 1.32 bits per heavy atom. The standard InChI is InChI=1S/C11H16F2N2O3S/c1-15(8-11(12)13)19(16,17)10-4-2-9(3-5-10)18-7-6-14/h2-5,11H,6-8,14H2,1H3. The molecule has 0 spiro atoms. The molecule has 0 aliphatic rings. The smallest absolute Gasteiger partial charge is 0.252 e. The van der Waals surface area contributed by atoms with Gasteiger partial charge in [-0.25, -0.2) is 17.2 Å². The van der Waals surface area contributed by atoms with Crippen molar-refractivity contribution in [1.29, 1.82) is 0 Å². The summed E-state index contributed by atoms with van der Waals surface area (Å²) in [5.41, 5.74) is 5.26. The molecule has 0 aliphatic carbocycles. The van der Waals surface area contributed by atoms with Gasteiger partial charge in [-0.15, -0.1) is 0 Å². The molecule has 0 amide bonds. The quantitative estimate of drug-likeness (QED) is 0.811. The Morgan fingerprint density at radius 2 is 1.89 bits per heavy atom. The van der Waals surface area contributed by atoms with Crippen LogP contribution in [0.2, 0.25) is 0 Å². The fraction of sp³-hybridized carbons (Fsp3) is 0.455. The Balaban J connectivity index is 2.84. The van der Waals surface area contributed by atoms with E-state index < -0.39 is 23.0 Å². The van der Waals surface area contributed by atoms with Crippen LogP contribution in [0.4, 0.5) is 8.78 Å².